The van der Waals surface area contributed by atoms with Crippen LogP contribution in [0.2, 0.25) is 0 Å². The predicted octanol–water partition coefficient (Wildman–Crippen LogP) is 0.925. The highest BCUT2D eigenvalue weighted by Gasteiger charge is 2.47. The molecule has 0 radical (unpaired) electrons. The summed E-state index contributed by atoms with van der Waals surface area (Å²) in [5, 5.41) is 10.5. The maximum Gasteiger partial charge on any atom is 0.242 e. The second-order valence-electron chi connectivity index (χ2n) is 7.71. The summed E-state index contributed by atoms with van der Waals surface area (Å²) in [5.41, 5.74) is 5.72. The molecule has 1 aromatic heterocycles. The number of carbonyl (C=O) groups is 1. The zero-order chi connectivity index (χ0) is 16.0. The molecule has 1 amide bonds. The van der Waals surface area contributed by atoms with Gasteiger partial charge in [-0.25, -0.2) is 4.98 Å². The minimum atomic E-state index is -0.629. The number of rotatable bonds is 2. The van der Waals surface area contributed by atoms with E-state index in [1.54, 1.807) is 12.5 Å². The van der Waals surface area contributed by atoms with Crippen LogP contribution in [0.4, 0.5) is 0 Å². The van der Waals surface area contributed by atoms with Gasteiger partial charge < -0.3 is 20.3 Å². The highest BCUT2D eigenvalue weighted by molar-refractivity contribution is 5.86. The van der Waals surface area contributed by atoms with Crippen LogP contribution in [0.15, 0.2) is 18.7 Å². The van der Waals surface area contributed by atoms with Crippen LogP contribution in [-0.4, -0.2) is 50.2 Å². The smallest absolute Gasteiger partial charge is 0.242 e. The molecule has 1 aromatic rings. The third kappa shape index (κ3) is 2.58. The van der Waals surface area contributed by atoms with Crippen molar-refractivity contribution in [2.75, 3.05) is 13.1 Å². The molecule has 0 aromatic carbocycles. The zero-order valence-electron chi connectivity index (χ0n) is 13.5. The minimum Gasteiger partial charge on any atom is -0.391 e. The normalized spacial score (nSPS) is 36.2. The van der Waals surface area contributed by atoms with Crippen LogP contribution in [0, 0.1) is 11.8 Å². The first-order chi connectivity index (χ1) is 11.1. The van der Waals surface area contributed by atoms with Crippen LogP contribution >= 0.6 is 0 Å². The lowest BCUT2D eigenvalue weighted by Gasteiger charge is -2.35. The molecular formula is C17H26N4O2. The van der Waals surface area contributed by atoms with E-state index in [4.69, 9.17) is 5.73 Å². The lowest BCUT2D eigenvalue weighted by molar-refractivity contribution is -0.136. The molecule has 2 saturated carbocycles. The van der Waals surface area contributed by atoms with Crippen LogP contribution in [0.1, 0.15) is 44.6 Å². The first-order valence-electron chi connectivity index (χ1n) is 8.80. The molecule has 4 rings (SSSR count). The summed E-state index contributed by atoms with van der Waals surface area (Å²) >= 11 is 0. The van der Waals surface area contributed by atoms with E-state index < -0.39 is 5.54 Å². The molecule has 0 spiro atoms. The number of nitrogens with zero attached hydrogens (tertiary/aromatic N) is 3. The van der Waals surface area contributed by atoms with Gasteiger partial charge in [-0.05, 0) is 37.5 Å². The Hall–Kier alpha value is -1.40. The van der Waals surface area contributed by atoms with E-state index in [9.17, 15) is 9.90 Å². The first kappa shape index (κ1) is 15.1. The number of carbonyl (C=O) groups excluding carboxylic acids is 1. The van der Waals surface area contributed by atoms with Gasteiger partial charge in [-0.1, -0.05) is 12.8 Å². The molecule has 3 fully saturated rings. The minimum absolute atomic E-state index is 0.0760. The summed E-state index contributed by atoms with van der Waals surface area (Å²) in [6.07, 6.45) is 10.5. The molecule has 3 N–H and O–H groups in total. The number of hydrogen-bond acceptors (Lipinski definition) is 4. The SMILES string of the molecule is NC1(C(=O)N2C[C@H]3C[C@@H](n4ccnc4)[C@H](O)C[C@H]3C2)CCCC1. The van der Waals surface area contributed by atoms with Gasteiger partial charge in [0.25, 0.3) is 0 Å². The molecule has 2 aliphatic carbocycles. The predicted molar refractivity (Wildman–Crippen MR) is 85.5 cm³/mol. The lowest BCUT2D eigenvalue weighted by Crippen LogP contribution is -2.53. The highest BCUT2D eigenvalue weighted by Crippen LogP contribution is 2.42. The molecule has 0 unspecified atom stereocenters. The van der Waals surface area contributed by atoms with Crippen molar-refractivity contribution in [2.24, 2.45) is 17.6 Å². The summed E-state index contributed by atoms with van der Waals surface area (Å²) in [7, 11) is 0. The number of amides is 1. The molecule has 126 valence electrons. The first-order valence-corrected chi connectivity index (χ1v) is 8.80. The summed E-state index contributed by atoms with van der Waals surface area (Å²) in [5.74, 6) is 0.997. The summed E-state index contributed by atoms with van der Waals surface area (Å²) in [6.45, 7) is 1.55. The Morgan fingerprint density at radius 3 is 2.57 bits per heavy atom. The molecule has 1 aliphatic heterocycles. The maximum atomic E-state index is 12.8. The summed E-state index contributed by atoms with van der Waals surface area (Å²) in [6, 6.07) is 0.0760. The van der Waals surface area contributed by atoms with Crippen LogP contribution in [0.3, 0.4) is 0 Å². The quantitative estimate of drug-likeness (QED) is 0.849. The number of aliphatic hydroxyl groups excluding tert-OH is 1. The second kappa shape index (κ2) is 5.60. The van der Waals surface area contributed by atoms with E-state index in [0.717, 1.165) is 51.6 Å². The number of aliphatic hydroxyl groups is 1. The van der Waals surface area contributed by atoms with E-state index >= 15 is 0 Å². The van der Waals surface area contributed by atoms with Crippen LogP contribution in [0.25, 0.3) is 0 Å². The molecule has 1 saturated heterocycles. The molecule has 6 nitrogen and oxygen atoms in total. The summed E-state index contributed by atoms with van der Waals surface area (Å²) in [4.78, 5) is 18.9. The van der Waals surface area contributed by atoms with Crippen LogP contribution in [-0.2, 0) is 4.79 Å². The molecule has 0 bridgehead atoms. The van der Waals surface area contributed by atoms with Crippen LogP contribution in [0.5, 0.6) is 0 Å². The van der Waals surface area contributed by atoms with E-state index in [1.807, 2.05) is 15.7 Å². The van der Waals surface area contributed by atoms with Crippen molar-refractivity contribution in [1.82, 2.24) is 14.5 Å². The standard InChI is InChI=1S/C17H26N4O2/c18-17(3-1-2-4-17)16(23)21-9-12-7-14(20-6-5-19-11-20)15(22)8-13(12)10-21/h5-6,11-15,22H,1-4,7-10,18H2/t12-,13+,14-,15-/m1/s1. The van der Waals surface area contributed by atoms with Gasteiger partial charge in [-0.3, -0.25) is 4.79 Å². The molecule has 6 heteroatoms. The van der Waals surface area contributed by atoms with Gasteiger partial charge in [0, 0.05) is 25.5 Å². The van der Waals surface area contributed by atoms with E-state index in [2.05, 4.69) is 4.98 Å². The third-order valence-corrected chi connectivity index (χ3v) is 6.23. The lowest BCUT2D eigenvalue weighted by atomic mass is 9.77. The Labute approximate surface area is 136 Å². The third-order valence-electron chi connectivity index (χ3n) is 6.23. The fraction of sp³-hybridized carbons (Fsp3) is 0.765. The molecular weight excluding hydrogens is 292 g/mol. The van der Waals surface area contributed by atoms with Gasteiger partial charge in [-0.2, -0.15) is 0 Å². The monoisotopic (exact) mass is 318 g/mol. The Bertz CT molecular complexity index is 567. The van der Waals surface area contributed by atoms with Gasteiger partial charge in [0.15, 0.2) is 0 Å². The molecule has 3 aliphatic rings. The Morgan fingerprint density at radius 2 is 1.91 bits per heavy atom. The Kier molecular flexibility index (Phi) is 3.69. The van der Waals surface area contributed by atoms with Crippen molar-refractivity contribution in [1.29, 1.82) is 0 Å². The summed E-state index contributed by atoms with van der Waals surface area (Å²) < 4.78 is 2.01. The average Bonchev–Trinajstić information content (AvgIpc) is 3.25. The number of fused-ring (bicyclic) bond motifs is 1. The van der Waals surface area contributed by atoms with Crippen molar-refractivity contribution in [3.63, 3.8) is 0 Å². The van der Waals surface area contributed by atoms with Gasteiger partial charge in [-0.15, -0.1) is 0 Å². The van der Waals surface area contributed by atoms with Crippen molar-refractivity contribution >= 4 is 5.91 Å². The maximum absolute atomic E-state index is 12.8. The van der Waals surface area contributed by atoms with Crippen molar-refractivity contribution in [2.45, 2.75) is 56.2 Å². The molecule has 23 heavy (non-hydrogen) atoms. The number of aromatic nitrogens is 2. The van der Waals surface area contributed by atoms with Gasteiger partial charge in [0.1, 0.15) is 0 Å². The van der Waals surface area contributed by atoms with E-state index in [1.165, 1.54) is 0 Å². The van der Waals surface area contributed by atoms with E-state index in [0.29, 0.717) is 11.8 Å². The zero-order valence-corrected chi connectivity index (χ0v) is 13.5. The highest BCUT2D eigenvalue weighted by atomic mass is 16.3. The van der Waals surface area contributed by atoms with Gasteiger partial charge >= 0.3 is 0 Å². The number of nitrogens with two attached hydrogens (primary N) is 1. The van der Waals surface area contributed by atoms with Crippen molar-refractivity contribution < 1.29 is 9.90 Å². The van der Waals surface area contributed by atoms with Crippen LogP contribution < -0.4 is 5.73 Å². The topological polar surface area (TPSA) is 84.4 Å². The number of likely N-dealkylation sites (tertiary alicyclic amines) is 1. The van der Waals surface area contributed by atoms with Crippen molar-refractivity contribution in [3.8, 4) is 0 Å². The average molecular weight is 318 g/mol. The second-order valence-corrected chi connectivity index (χ2v) is 7.71. The fourth-order valence-electron chi connectivity index (χ4n) is 4.89. The van der Waals surface area contributed by atoms with E-state index in [-0.39, 0.29) is 18.1 Å². The van der Waals surface area contributed by atoms with Gasteiger partial charge in [0.05, 0.1) is 24.0 Å². The Morgan fingerprint density at radius 1 is 1.22 bits per heavy atom. The molecule has 4 atom stereocenters. The fourth-order valence-corrected chi connectivity index (χ4v) is 4.89. The Balaban J connectivity index is 1.46. The molecule has 2 heterocycles. The number of imidazole rings is 1. The van der Waals surface area contributed by atoms with Gasteiger partial charge in [0.2, 0.25) is 5.91 Å². The largest absolute Gasteiger partial charge is 0.391 e. The van der Waals surface area contributed by atoms with Crippen molar-refractivity contribution in [3.05, 3.63) is 18.7 Å². The number of hydrogen-bond donors (Lipinski definition) is 2.